The summed E-state index contributed by atoms with van der Waals surface area (Å²) in [6.07, 6.45) is 6.59. The summed E-state index contributed by atoms with van der Waals surface area (Å²) in [5.74, 6) is 0. The number of aromatic nitrogens is 2. The Morgan fingerprint density at radius 2 is 2.14 bits per heavy atom. The van der Waals surface area contributed by atoms with Gasteiger partial charge in [0.25, 0.3) is 5.56 Å². The van der Waals surface area contributed by atoms with Crippen molar-refractivity contribution in [1.82, 2.24) is 9.55 Å². The number of nitrogens with one attached hydrogen (secondary N) is 1. The van der Waals surface area contributed by atoms with Gasteiger partial charge in [-0.15, -0.1) is 11.3 Å². The molecule has 112 valence electrons. The Labute approximate surface area is 128 Å². The van der Waals surface area contributed by atoms with E-state index in [9.17, 15) is 4.79 Å². The first-order valence-corrected chi connectivity index (χ1v) is 8.46. The molecule has 0 saturated heterocycles. The number of hydrogen-bond acceptors (Lipinski definition) is 4. The van der Waals surface area contributed by atoms with Gasteiger partial charge < -0.3 is 9.88 Å². The van der Waals surface area contributed by atoms with Crippen LogP contribution in [0.25, 0.3) is 11.3 Å². The average molecular weight is 303 g/mol. The molecule has 0 spiro atoms. The van der Waals surface area contributed by atoms with Crippen molar-refractivity contribution in [2.45, 2.75) is 51.6 Å². The molecule has 1 fully saturated rings. The molecule has 0 aliphatic heterocycles. The summed E-state index contributed by atoms with van der Waals surface area (Å²) in [5, 5.41) is 6.11. The SMILES string of the molecule is CC(C)Nc1nc(-c2cccn(C3CCCC3)c2=O)cs1. The van der Waals surface area contributed by atoms with Crippen LogP contribution >= 0.6 is 11.3 Å². The first-order valence-electron chi connectivity index (χ1n) is 7.59. The fourth-order valence-electron chi connectivity index (χ4n) is 2.89. The fraction of sp³-hybridized carbons (Fsp3) is 0.500. The number of rotatable bonds is 4. The van der Waals surface area contributed by atoms with Gasteiger partial charge in [-0.2, -0.15) is 0 Å². The Balaban J connectivity index is 1.93. The number of hydrogen-bond donors (Lipinski definition) is 1. The molecule has 0 bridgehead atoms. The molecule has 1 saturated carbocycles. The van der Waals surface area contributed by atoms with Crippen LogP contribution in [0.1, 0.15) is 45.6 Å². The van der Waals surface area contributed by atoms with Crippen LogP contribution in [0, 0.1) is 0 Å². The van der Waals surface area contributed by atoms with Gasteiger partial charge in [-0.05, 0) is 38.8 Å². The molecule has 21 heavy (non-hydrogen) atoms. The molecule has 1 aliphatic carbocycles. The van der Waals surface area contributed by atoms with Crippen LogP contribution in [0.2, 0.25) is 0 Å². The predicted molar refractivity (Wildman–Crippen MR) is 88.1 cm³/mol. The molecule has 0 atom stereocenters. The zero-order valence-corrected chi connectivity index (χ0v) is 13.3. The van der Waals surface area contributed by atoms with Crippen LogP contribution in [0.3, 0.4) is 0 Å². The lowest BCUT2D eigenvalue weighted by Crippen LogP contribution is -2.24. The van der Waals surface area contributed by atoms with E-state index in [1.165, 1.54) is 12.8 Å². The van der Waals surface area contributed by atoms with E-state index in [4.69, 9.17) is 0 Å². The molecular formula is C16H21N3OS. The number of pyridine rings is 1. The van der Waals surface area contributed by atoms with E-state index in [-0.39, 0.29) is 5.56 Å². The molecule has 2 aromatic heterocycles. The quantitative estimate of drug-likeness (QED) is 0.931. The Morgan fingerprint density at radius 3 is 2.86 bits per heavy atom. The van der Waals surface area contributed by atoms with Crippen molar-refractivity contribution in [3.63, 3.8) is 0 Å². The van der Waals surface area contributed by atoms with Crippen LogP contribution < -0.4 is 10.9 Å². The molecule has 2 aromatic rings. The summed E-state index contributed by atoms with van der Waals surface area (Å²) in [6.45, 7) is 4.16. The van der Waals surface area contributed by atoms with E-state index < -0.39 is 0 Å². The highest BCUT2D eigenvalue weighted by atomic mass is 32.1. The molecule has 0 aromatic carbocycles. The van der Waals surface area contributed by atoms with E-state index in [1.54, 1.807) is 11.3 Å². The van der Waals surface area contributed by atoms with Gasteiger partial charge in [0.05, 0.1) is 11.3 Å². The zero-order chi connectivity index (χ0) is 14.8. The largest absolute Gasteiger partial charge is 0.359 e. The topological polar surface area (TPSA) is 46.9 Å². The Bertz CT molecular complexity index is 668. The second-order valence-corrected chi connectivity index (χ2v) is 6.77. The van der Waals surface area contributed by atoms with Gasteiger partial charge in [-0.1, -0.05) is 12.8 Å². The maximum absolute atomic E-state index is 12.7. The number of nitrogens with zero attached hydrogens (tertiary/aromatic N) is 2. The average Bonchev–Trinajstić information content (AvgIpc) is 3.09. The fourth-order valence-corrected chi connectivity index (χ4v) is 3.74. The summed E-state index contributed by atoms with van der Waals surface area (Å²) in [6, 6.07) is 4.55. The third kappa shape index (κ3) is 3.02. The standard InChI is InChI=1S/C16H21N3OS/c1-11(2)17-16-18-14(10-21-16)13-8-5-9-19(15(13)20)12-6-3-4-7-12/h5,8-12H,3-4,6-7H2,1-2H3,(H,17,18). The first kappa shape index (κ1) is 14.3. The molecule has 0 unspecified atom stereocenters. The van der Waals surface area contributed by atoms with Crippen LogP contribution in [0.5, 0.6) is 0 Å². The van der Waals surface area contributed by atoms with E-state index >= 15 is 0 Å². The highest BCUT2D eigenvalue weighted by Crippen LogP contribution is 2.29. The maximum atomic E-state index is 12.7. The van der Waals surface area contributed by atoms with Gasteiger partial charge in [0.2, 0.25) is 0 Å². The van der Waals surface area contributed by atoms with Crippen molar-refractivity contribution in [2.75, 3.05) is 5.32 Å². The lowest BCUT2D eigenvalue weighted by atomic mass is 10.2. The Morgan fingerprint density at radius 1 is 1.38 bits per heavy atom. The highest BCUT2D eigenvalue weighted by Gasteiger charge is 2.19. The summed E-state index contributed by atoms with van der Waals surface area (Å²) >= 11 is 1.55. The van der Waals surface area contributed by atoms with Crippen LogP contribution in [-0.4, -0.2) is 15.6 Å². The molecule has 2 heterocycles. The highest BCUT2D eigenvalue weighted by molar-refractivity contribution is 7.14. The Kier molecular flexibility index (Phi) is 4.10. The molecule has 1 aliphatic rings. The summed E-state index contributed by atoms with van der Waals surface area (Å²) in [7, 11) is 0. The molecule has 4 nitrogen and oxygen atoms in total. The molecule has 0 radical (unpaired) electrons. The van der Waals surface area contributed by atoms with E-state index in [1.807, 2.05) is 28.3 Å². The van der Waals surface area contributed by atoms with Crippen molar-refractivity contribution >= 4 is 16.5 Å². The van der Waals surface area contributed by atoms with Gasteiger partial charge in [0.1, 0.15) is 0 Å². The Hall–Kier alpha value is -1.62. The van der Waals surface area contributed by atoms with Gasteiger partial charge >= 0.3 is 0 Å². The molecule has 3 rings (SSSR count). The third-order valence-corrected chi connectivity index (χ3v) is 4.66. The van der Waals surface area contributed by atoms with Crippen LogP contribution in [0.15, 0.2) is 28.5 Å². The summed E-state index contributed by atoms with van der Waals surface area (Å²) in [4.78, 5) is 17.2. The lowest BCUT2D eigenvalue weighted by Gasteiger charge is -2.13. The van der Waals surface area contributed by atoms with Crippen molar-refractivity contribution in [3.8, 4) is 11.3 Å². The van der Waals surface area contributed by atoms with E-state index in [2.05, 4.69) is 24.1 Å². The minimum absolute atomic E-state index is 0.0887. The predicted octanol–water partition coefficient (Wildman–Crippen LogP) is 3.91. The van der Waals surface area contributed by atoms with E-state index in [0.717, 1.165) is 23.7 Å². The number of thiazole rings is 1. The lowest BCUT2D eigenvalue weighted by molar-refractivity contribution is 0.503. The van der Waals surface area contributed by atoms with Crippen molar-refractivity contribution in [1.29, 1.82) is 0 Å². The zero-order valence-electron chi connectivity index (χ0n) is 12.5. The smallest absolute Gasteiger partial charge is 0.260 e. The van der Waals surface area contributed by atoms with Gasteiger partial charge in [-0.3, -0.25) is 4.79 Å². The molecule has 5 heteroatoms. The van der Waals surface area contributed by atoms with E-state index in [0.29, 0.717) is 17.6 Å². The maximum Gasteiger partial charge on any atom is 0.260 e. The molecule has 1 N–H and O–H groups in total. The minimum Gasteiger partial charge on any atom is -0.359 e. The molecular weight excluding hydrogens is 282 g/mol. The van der Waals surface area contributed by atoms with Gasteiger partial charge in [0, 0.05) is 23.7 Å². The third-order valence-electron chi connectivity index (χ3n) is 3.88. The van der Waals surface area contributed by atoms with Crippen molar-refractivity contribution in [2.24, 2.45) is 0 Å². The van der Waals surface area contributed by atoms with Crippen molar-refractivity contribution in [3.05, 3.63) is 34.1 Å². The summed E-state index contributed by atoms with van der Waals surface area (Å²) in [5.41, 5.74) is 1.57. The first-order chi connectivity index (χ1) is 10.1. The second-order valence-electron chi connectivity index (χ2n) is 5.91. The van der Waals surface area contributed by atoms with Gasteiger partial charge in [0.15, 0.2) is 5.13 Å². The molecule has 0 amide bonds. The monoisotopic (exact) mass is 303 g/mol. The van der Waals surface area contributed by atoms with Crippen molar-refractivity contribution < 1.29 is 0 Å². The normalized spacial score (nSPS) is 15.8. The number of anilines is 1. The minimum atomic E-state index is 0.0887. The second kappa shape index (κ2) is 6.02. The van der Waals surface area contributed by atoms with Gasteiger partial charge in [-0.25, -0.2) is 4.98 Å². The van der Waals surface area contributed by atoms with Crippen LogP contribution in [0.4, 0.5) is 5.13 Å². The van der Waals surface area contributed by atoms with Crippen LogP contribution in [-0.2, 0) is 0 Å². The summed E-state index contributed by atoms with van der Waals surface area (Å²) < 4.78 is 1.90.